The predicted octanol–water partition coefficient (Wildman–Crippen LogP) is 3.55. The van der Waals surface area contributed by atoms with E-state index in [1.54, 1.807) is 0 Å². The van der Waals surface area contributed by atoms with Crippen molar-refractivity contribution in [2.24, 2.45) is 0 Å². The van der Waals surface area contributed by atoms with E-state index in [4.69, 9.17) is 0 Å². The van der Waals surface area contributed by atoms with Gasteiger partial charge in [-0.2, -0.15) is 0 Å². The molecule has 3 rings (SSSR count). The lowest BCUT2D eigenvalue weighted by molar-refractivity contribution is -0.107. The zero-order valence-electron chi connectivity index (χ0n) is 13.0. The maximum Gasteiger partial charge on any atom is 0.193 e. The average Bonchev–Trinajstić information content (AvgIpc) is 2.90. The Morgan fingerprint density at radius 2 is 1.91 bits per heavy atom. The number of benzene rings is 2. The molecule has 23 heavy (non-hydrogen) atoms. The van der Waals surface area contributed by atoms with E-state index in [0.717, 1.165) is 36.1 Å². The number of imidazole rings is 1. The van der Waals surface area contributed by atoms with E-state index in [2.05, 4.69) is 9.55 Å². The number of unbranched alkanes of at least 4 members (excludes halogenated alkanes) is 1. The van der Waals surface area contributed by atoms with Gasteiger partial charge in [0.2, 0.25) is 0 Å². The number of nitrogens with zero attached hydrogens (tertiary/aromatic N) is 2. The average molecular weight is 306 g/mol. The number of hydrogen-bond acceptors (Lipinski definition) is 3. The third kappa shape index (κ3) is 3.06. The molecule has 4 heteroatoms. The van der Waals surface area contributed by atoms with E-state index in [0.29, 0.717) is 17.5 Å². The number of fused-ring (bicyclic) bond motifs is 1. The van der Waals surface area contributed by atoms with Gasteiger partial charge in [0, 0.05) is 24.1 Å². The van der Waals surface area contributed by atoms with Crippen molar-refractivity contribution < 1.29 is 9.59 Å². The molecule has 0 radical (unpaired) electrons. The molecule has 0 saturated carbocycles. The van der Waals surface area contributed by atoms with Gasteiger partial charge in [-0.1, -0.05) is 30.3 Å². The van der Waals surface area contributed by atoms with E-state index >= 15 is 0 Å². The first kappa shape index (κ1) is 15.2. The maximum absolute atomic E-state index is 12.5. The van der Waals surface area contributed by atoms with Gasteiger partial charge in [0.25, 0.3) is 0 Å². The van der Waals surface area contributed by atoms with Crippen LogP contribution < -0.4 is 0 Å². The van der Waals surface area contributed by atoms with Crippen molar-refractivity contribution in [2.75, 3.05) is 0 Å². The van der Waals surface area contributed by atoms with Crippen molar-refractivity contribution >= 4 is 23.1 Å². The van der Waals surface area contributed by atoms with Crippen LogP contribution in [0.25, 0.3) is 11.0 Å². The summed E-state index contributed by atoms with van der Waals surface area (Å²) in [4.78, 5) is 27.5. The minimum absolute atomic E-state index is 0.000609. The highest BCUT2D eigenvalue weighted by molar-refractivity contribution is 6.10. The Kier molecular flexibility index (Phi) is 4.33. The van der Waals surface area contributed by atoms with Gasteiger partial charge in [0.1, 0.15) is 12.1 Å². The number of rotatable bonds is 6. The van der Waals surface area contributed by atoms with Crippen molar-refractivity contribution in [2.45, 2.75) is 26.3 Å². The fourth-order valence-electron chi connectivity index (χ4n) is 2.76. The number of aldehydes is 1. The zero-order chi connectivity index (χ0) is 16.2. The Hall–Kier alpha value is -2.75. The van der Waals surface area contributed by atoms with Crippen LogP contribution in [-0.2, 0) is 11.3 Å². The summed E-state index contributed by atoms with van der Waals surface area (Å²) in [7, 11) is 0. The normalized spacial score (nSPS) is 10.8. The number of carbonyl (C=O) groups is 2. The lowest BCUT2D eigenvalue weighted by Crippen LogP contribution is -2.02. The number of hydrogen-bond donors (Lipinski definition) is 0. The number of aromatic nitrogens is 2. The van der Waals surface area contributed by atoms with Crippen LogP contribution in [0.4, 0.5) is 0 Å². The summed E-state index contributed by atoms with van der Waals surface area (Å²) >= 11 is 0. The van der Waals surface area contributed by atoms with E-state index in [1.165, 1.54) is 0 Å². The first-order valence-corrected chi connectivity index (χ1v) is 7.71. The van der Waals surface area contributed by atoms with Crippen LogP contribution in [0.5, 0.6) is 0 Å². The van der Waals surface area contributed by atoms with E-state index in [9.17, 15) is 9.59 Å². The minimum atomic E-state index is 0.000609. The Morgan fingerprint density at radius 1 is 1.13 bits per heavy atom. The second-order valence-electron chi connectivity index (χ2n) is 5.52. The SMILES string of the molecule is Cc1nc2cc(C(=O)c3ccccc3)ccc2n1CCCC=O. The van der Waals surface area contributed by atoms with Gasteiger partial charge in [-0.05, 0) is 31.5 Å². The van der Waals surface area contributed by atoms with Crippen molar-refractivity contribution in [1.82, 2.24) is 9.55 Å². The van der Waals surface area contributed by atoms with Crippen LogP contribution >= 0.6 is 0 Å². The second kappa shape index (κ2) is 6.57. The molecule has 0 amide bonds. The molecular weight excluding hydrogens is 288 g/mol. The van der Waals surface area contributed by atoms with Gasteiger partial charge < -0.3 is 9.36 Å². The molecule has 0 aliphatic carbocycles. The third-order valence-corrected chi connectivity index (χ3v) is 3.94. The van der Waals surface area contributed by atoms with E-state index in [-0.39, 0.29) is 5.78 Å². The fourth-order valence-corrected chi connectivity index (χ4v) is 2.76. The summed E-state index contributed by atoms with van der Waals surface area (Å²) in [6.45, 7) is 2.70. The van der Waals surface area contributed by atoms with Crippen LogP contribution in [0.2, 0.25) is 0 Å². The molecule has 2 aromatic carbocycles. The van der Waals surface area contributed by atoms with E-state index in [1.807, 2.05) is 55.5 Å². The molecule has 0 bridgehead atoms. The summed E-state index contributed by atoms with van der Waals surface area (Å²) < 4.78 is 2.09. The van der Waals surface area contributed by atoms with E-state index < -0.39 is 0 Å². The second-order valence-corrected chi connectivity index (χ2v) is 5.52. The number of carbonyl (C=O) groups excluding carboxylic acids is 2. The lowest BCUT2D eigenvalue weighted by Gasteiger charge is -2.06. The number of aryl methyl sites for hydroxylation is 2. The first-order chi connectivity index (χ1) is 11.2. The molecule has 1 aromatic heterocycles. The van der Waals surface area contributed by atoms with Crippen LogP contribution in [-0.4, -0.2) is 21.6 Å². The Labute approximate surface area is 134 Å². The molecule has 0 N–H and O–H groups in total. The van der Waals surface area contributed by atoms with Gasteiger partial charge in [0.05, 0.1) is 11.0 Å². The Morgan fingerprint density at radius 3 is 2.65 bits per heavy atom. The molecule has 0 aliphatic rings. The van der Waals surface area contributed by atoms with Gasteiger partial charge in [-0.15, -0.1) is 0 Å². The molecule has 1 heterocycles. The fraction of sp³-hybridized carbons (Fsp3) is 0.211. The van der Waals surface area contributed by atoms with Crippen molar-refractivity contribution in [3.8, 4) is 0 Å². The van der Waals surface area contributed by atoms with Crippen LogP contribution in [0, 0.1) is 6.92 Å². The molecule has 0 saturated heterocycles. The predicted molar refractivity (Wildman–Crippen MR) is 89.6 cm³/mol. The molecule has 116 valence electrons. The summed E-state index contributed by atoms with van der Waals surface area (Å²) in [5.41, 5.74) is 3.13. The zero-order valence-corrected chi connectivity index (χ0v) is 13.0. The van der Waals surface area contributed by atoms with Crippen LogP contribution in [0.3, 0.4) is 0 Å². The van der Waals surface area contributed by atoms with Crippen LogP contribution in [0.1, 0.15) is 34.6 Å². The van der Waals surface area contributed by atoms with Crippen molar-refractivity contribution in [3.63, 3.8) is 0 Å². The largest absolute Gasteiger partial charge is 0.328 e. The van der Waals surface area contributed by atoms with Gasteiger partial charge >= 0.3 is 0 Å². The molecule has 3 aromatic rings. The molecule has 0 unspecified atom stereocenters. The summed E-state index contributed by atoms with van der Waals surface area (Å²) in [5, 5.41) is 0. The molecule has 4 nitrogen and oxygen atoms in total. The smallest absolute Gasteiger partial charge is 0.193 e. The Bertz CT molecular complexity index is 850. The topological polar surface area (TPSA) is 52.0 Å². The van der Waals surface area contributed by atoms with Gasteiger partial charge in [0.15, 0.2) is 5.78 Å². The summed E-state index contributed by atoms with van der Waals surface area (Å²) in [5.74, 6) is 0.899. The number of ketones is 1. The highest BCUT2D eigenvalue weighted by Gasteiger charge is 2.12. The minimum Gasteiger partial charge on any atom is -0.328 e. The Balaban J connectivity index is 1.94. The first-order valence-electron chi connectivity index (χ1n) is 7.71. The quantitative estimate of drug-likeness (QED) is 0.397. The molecule has 0 aliphatic heterocycles. The van der Waals surface area contributed by atoms with Gasteiger partial charge in [-0.25, -0.2) is 4.98 Å². The van der Waals surface area contributed by atoms with Gasteiger partial charge in [-0.3, -0.25) is 4.79 Å². The molecule has 0 spiro atoms. The standard InChI is InChI=1S/C19H18N2O2/c1-14-20-17-13-16(19(23)15-7-3-2-4-8-15)9-10-18(17)21(14)11-5-6-12-22/h2-4,7-10,12-13H,5-6,11H2,1H3. The van der Waals surface area contributed by atoms with Crippen LogP contribution in [0.15, 0.2) is 48.5 Å². The highest BCUT2D eigenvalue weighted by atomic mass is 16.1. The molecule has 0 fully saturated rings. The summed E-state index contributed by atoms with van der Waals surface area (Å²) in [6, 6.07) is 14.9. The maximum atomic E-state index is 12.5. The summed E-state index contributed by atoms with van der Waals surface area (Å²) in [6.07, 6.45) is 2.27. The molecular formula is C19H18N2O2. The van der Waals surface area contributed by atoms with Crippen molar-refractivity contribution in [3.05, 3.63) is 65.5 Å². The van der Waals surface area contributed by atoms with Crippen molar-refractivity contribution in [1.29, 1.82) is 0 Å². The molecule has 0 atom stereocenters. The highest BCUT2D eigenvalue weighted by Crippen LogP contribution is 2.20. The lowest BCUT2D eigenvalue weighted by atomic mass is 10.0. The monoisotopic (exact) mass is 306 g/mol. The third-order valence-electron chi connectivity index (χ3n) is 3.94.